The lowest BCUT2D eigenvalue weighted by Gasteiger charge is -2.17. The molecule has 0 aromatic heterocycles. The molecule has 15 heavy (non-hydrogen) atoms. The molecular formula is C12H15NO2. The molecule has 1 heterocycles. The van der Waals surface area contributed by atoms with Crippen molar-refractivity contribution in [3.05, 3.63) is 29.8 Å². The summed E-state index contributed by atoms with van der Waals surface area (Å²) in [5.74, 6) is -0.206. The number of aliphatic carboxylic acids is 1. The van der Waals surface area contributed by atoms with E-state index in [0.717, 1.165) is 12.2 Å². The van der Waals surface area contributed by atoms with E-state index >= 15 is 0 Å². The highest BCUT2D eigenvalue weighted by Crippen LogP contribution is 2.37. The first-order valence-electron chi connectivity index (χ1n) is 5.23. The van der Waals surface area contributed by atoms with E-state index in [9.17, 15) is 4.79 Å². The average molecular weight is 205 g/mol. The first-order chi connectivity index (χ1) is 7.18. The molecule has 3 heteroatoms. The number of carbonyl (C=O) groups is 1. The molecule has 0 bridgehead atoms. The SMILES string of the molecule is C[C@H](CC(=O)O)C1CNc2ccccc21. The van der Waals surface area contributed by atoms with Gasteiger partial charge in [0.1, 0.15) is 0 Å². The van der Waals surface area contributed by atoms with Gasteiger partial charge in [-0.05, 0) is 17.5 Å². The number of para-hydroxylation sites is 1. The Hall–Kier alpha value is -1.51. The minimum absolute atomic E-state index is 0.179. The van der Waals surface area contributed by atoms with E-state index in [0.29, 0.717) is 5.92 Å². The number of hydrogen-bond acceptors (Lipinski definition) is 2. The summed E-state index contributed by atoms with van der Waals surface area (Å²) in [6, 6.07) is 8.13. The first-order valence-corrected chi connectivity index (χ1v) is 5.23. The lowest BCUT2D eigenvalue weighted by molar-refractivity contribution is -0.138. The van der Waals surface area contributed by atoms with Crippen molar-refractivity contribution in [2.45, 2.75) is 19.3 Å². The van der Waals surface area contributed by atoms with E-state index in [1.165, 1.54) is 5.56 Å². The van der Waals surface area contributed by atoms with Crippen molar-refractivity contribution in [3.8, 4) is 0 Å². The highest BCUT2D eigenvalue weighted by atomic mass is 16.4. The van der Waals surface area contributed by atoms with Crippen molar-refractivity contribution in [1.82, 2.24) is 0 Å². The van der Waals surface area contributed by atoms with Crippen LogP contribution < -0.4 is 5.32 Å². The van der Waals surface area contributed by atoms with Crippen LogP contribution in [-0.4, -0.2) is 17.6 Å². The Morgan fingerprint density at radius 2 is 2.33 bits per heavy atom. The van der Waals surface area contributed by atoms with Crippen molar-refractivity contribution in [2.24, 2.45) is 5.92 Å². The monoisotopic (exact) mass is 205 g/mol. The number of rotatable bonds is 3. The summed E-state index contributed by atoms with van der Waals surface area (Å²) >= 11 is 0. The Bertz CT molecular complexity index is 376. The fraction of sp³-hybridized carbons (Fsp3) is 0.417. The number of benzene rings is 1. The van der Waals surface area contributed by atoms with E-state index in [1.54, 1.807) is 0 Å². The molecule has 0 saturated heterocycles. The second-order valence-corrected chi connectivity index (χ2v) is 4.15. The molecule has 0 saturated carbocycles. The minimum atomic E-state index is -0.716. The molecule has 2 atom stereocenters. The Labute approximate surface area is 89.1 Å². The van der Waals surface area contributed by atoms with Crippen LogP contribution in [-0.2, 0) is 4.79 Å². The fourth-order valence-corrected chi connectivity index (χ4v) is 2.24. The summed E-state index contributed by atoms with van der Waals surface area (Å²) in [5, 5.41) is 12.1. The molecule has 2 N–H and O–H groups in total. The zero-order chi connectivity index (χ0) is 10.8. The molecule has 2 rings (SSSR count). The van der Waals surface area contributed by atoms with E-state index in [2.05, 4.69) is 11.4 Å². The number of carboxylic acid groups (broad SMARTS) is 1. The van der Waals surface area contributed by atoms with Gasteiger partial charge in [-0.3, -0.25) is 4.79 Å². The number of anilines is 1. The average Bonchev–Trinajstić information content (AvgIpc) is 2.59. The van der Waals surface area contributed by atoms with Crippen LogP contribution in [0.3, 0.4) is 0 Å². The number of nitrogens with one attached hydrogen (secondary N) is 1. The summed E-state index contributed by atoms with van der Waals surface area (Å²) < 4.78 is 0. The maximum absolute atomic E-state index is 10.7. The minimum Gasteiger partial charge on any atom is -0.481 e. The van der Waals surface area contributed by atoms with E-state index in [1.807, 2.05) is 25.1 Å². The van der Waals surface area contributed by atoms with Gasteiger partial charge in [0.2, 0.25) is 0 Å². The van der Waals surface area contributed by atoms with Crippen molar-refractivity contribution in [3.63, 3.8) is 0 Å². The molecule has 1 aliphatic heterocycles. The number of fused-ring (bicyclic) bond motifs is 1. The van der Waals surface area contributed by atoms with Crippen LogP contribution in [0.25, 0.3) is 0 Å². The van der Waals surface area contributed by atoms with Gasteiger partial charge >= 0.3 is 5.97 Å². The molecule has 0 aliphatic carbocycles. The summed E-state index contributed by atoms with van der Waals surface area (Å²) in [5.41, 5.74) is 2.41. The Morgan fingerprint density at radius 1 is 1.60 bits per heavy atom. The molecule has 1 unspecified atom stereocenters. The summed E-state index contributed by atoms with van der Waals surface area (Å²) in [6.45, 7) is 2.86. The van der Waals surface area contributed by atoms with Crippen LogP contribution in [0.5, 0.6) is 0 Å². The third-order valence-corrected chi connectivity index (χ3v) is 3.06. The zero-order valence-corrected chi connectivity index (χ0v) is 8.73. The van der Waals surface area contributed by atoms with Gasteiger partial charge < -0.3 is 10.4 Å². The van der Waals surface area contributed by atoms with Gasteiger partial charge in [-0.2, -0.15) is 0 Å². The largest absolute Gasteiger partial charge is 0.481 e. The van der Waals surface area contributed by atoms with E-state index < -0.39 is 5.97 Å². The van der Waals surface area contributed by atoms with Crippen molar-refractivity contribution in [2.75, 3.05) is 11.9 Å². The van der Waals surface area contributed by atoms with Crippen LogP contribution >= 0.6 is 0 Å². The predicted molar refractivity (Wildman–Crippen MR) is 59.1 cm³/mol. The third-order valence-electron chi connectivity index (χ3n) is 3.06. The van der Waals surface area contributed by atoms with Gasteiger partial charge in [0.25, 0.3) is 0 Å². The molecular weight excluding hydrogens is 190 g/mol. The molecule has 0 spiro atoms. The van der Waals surface area contributed by atoms with Crippen LogP contribution in [0.4, 0.5) is 5.69 Å². The van der Waals surface area contributed by atoms with E-state index in [-0.39, 0.29) is 12.3 Å². The van der Waals surface area contributed by atoms with Gasteiger partial charge in [0, 0.05) is 24.6 Å². The number of hydrogen-bond donors (Lipinski definition) is 2. The van der Waals surface area contributed by atoms with Crippen molar-refractivity contribution >= 4 is 11.7 Å². The molecule has 0 amide bonds. The van der Waals surface area contributed by atoms with Gasteiger partial charge in [0.15, 0.2) is 0 Å². The lowest BCUT2D eigenvalue weighted by atomic mass is 9.87. The quantitative estimate of drug-likeness (QED) is 0.796. The molecule has 0 fully saturated rings. The molecule has 80 valence electrons. The maximum atomic E-state index is 10.7. The maximum Gasteiger partial charge on any atom is 0.303 e. The Kier molecular flexibility index (Phi) is 2.62. The van der Waals surface area contributed by atoms with Crippen LogP contribution in [0, 0.1) is 5.92 Å². The number of carboxylic acids is 1. The van der Waals surface area contributed by atoms with Gasteiger partial charge in [-0.1, -0.05) is 25.1 Å². The Balaban J connectivity index is 2.16. The van der Waals surface area contributed by atoms with Crippen LogP contribution in [0.2, 0.25) is 0 Å². The molecule has 1 aromatic carbocycles. The normalized spacial score (nSPS) is 20.5. The van der Waals surface area contributed by atoms with Crippen LogP contribution in [0.15, 0.2) is 24.3 Å². The van der Waals surface area contributed by atoms with Crippen LogP contribution in [0.1, 0.15) is 24.8 Å². The topological polar surface area (TPSA) is 49.3 Å². The lowest BCUT2D eigenvalue weighted by Crippen LogP contribution is -2.15. The van der Waals surface area contributed by atoms with Gasteiger partial charge in [-0.15, -0.1) is 0 Å². The van der Waals surface area contributed by atoms with Gasteiger partial charge in [-0.25, -0.2) is 0 Å². The van der Waals surface area contributed by atoms with Crippen molar-refractivity contribution < 1.29 is 9.90 Å². The summed E-state index contributed by atoms with van der Waals surface area (Å²) in [4.78, 5) is 10.7. The highest BCUT2D eigenvalue weighted by Gasteiger charge is 2.27. The predicted octanol–water partition coefficient (Wildman–Crippen LogP) is 2.31. The molecule has 1 aromatic rings. The summed E-state index contributed by atoms with van der Waals surface area (Å²) in [6.07, 6.45) is 0.237. The fourth-order valence-electron chi connectivity index (χ4n) is 2.24. The summed E-state index contributed by atoms with van der Waals surface area (Å²) in [7, 11) is 0. The third kappa shape index (κ3) is 1.96. The standard InChI is InChI=1S/C12H15NO2/c1-8(6-12(14)15)10-7-13-11-5-3-2-4-9(10)11/h2-5,8,10,13H,6-7H2,1H3,(H,14,15)/t8-,10?/m1/s1. The molecule has 0 radical (unpaired) electrons. The van der Waals surface area contributed by atoms with Gasteiger partial charge in [0.05, 0.1) is 0 Å². The second-order valence-electron chi connectivity index (χ2n) is 4.15. The molecule has 3 nitrogen and oxygen atoms in total. The zero-order valence-electron chi connectivity index (χ0n) is 8.73. The Morgan fingerprint density at radius 3 is 3.07 bits per heavy atom. The highest BCUT2D eigenvalue weighted by molar-refractivity contribution is 5.67. The smallest absolute Gasteiger partial charge is 0.303 e. The molecule has 1 aliphatic rings. The van der Waals surface area contributed by atoms with E-state index in [4.69, 9.17) is 5.11 Å². The second kappa shape index (κ2) is 3.93. The first kappa shape index (κ1) is 10.0. The van der Waals surface area contributed by atoms with Crippen molar-refractivity contribution in [1.29, 1.82) is 0 Å².